The maximum atomic E-state index is 11.9. The Morgan fingerprint density at radius 1 is 1.62 bits per heavy atom. The van der Waals surface area contributed by atoms with E-state index in [-0.39, 0.29) is 53.1 Å². The number of amides is 1. The number of nitrogens with zero attached hydrogens (tertiary/aromatic N) is 2. The minimum Gasteiger partial charge on any atom is -0.543 e. The summed E-state index contributed by atoms with van der Waals surface area (Å²) in [5.74, 6) is -0.0634. The predicted octanol–water partition coefficient (Wildman–Crippen LogP) is -2.75. The summed E-state index contributed by atoms with van der Waals surface area (Å²) in [5, 5.41) is 11.3. The number of aliphatic carboxylic acids is 1. The molecule has 1 amide bonds. The number of aromatic amines is 1. The Balaban J connectivity index is 0.00000161. The first-order valence-corrected chi connectivity index (χ1v) is 7.50. The molecule has 6 nitrogen and oxygen atoms in total. The zero-order valence-electron chi connectivity index (χ0n) is 12.0. The Bertz CT molecular complexity index is 587. The normalized spacial score (nSPS) is 23.7. The van der Waals surface area contributed by atoms with Gasteiger partial charge in [0, 0.05) is 23.7 Å². The number of H-pyrrole nitrogens is 1. The van der Waals surface area contributed by atoms with Crippen LogP contribution in [-0.4, -0.2) is 32.8 Å². The molecule has 3 heterocycles. The number of carbonyl (C=O) groups excluding carboxylic acids is 2. The third-order valence-corrected chi connectivity index (χ3v) is 4.95. The molecule has 0 unspecified atom stereocenters. The fraction of sp³-hybridized carbons (Fsp3) is 0.462. The molecule has 2 aliphatic rings. The number of β-lactam (4-membered cyclic amide) rings is 1. The number of carboxylic acids is 1. The molecule has 1 N–H and O–H groups in total. The Kier molecular flexibility index (Phi) is 5.19. The van der Waals surface area contributed by atoms with Gasteiger partial charge in [-0.05, 0) is 6.42 Å². The van der Waals surface area contributed by atoms with Crippen molar-refractivity contribution in [3.63, 3.8) is 0 Å². The molecule has 1 aromatic heterocycles. The van der Waals surface area contributed by atoms with Crippen molar-refractivity contribution in [2.75, 3.05) is 0 Å². The number of hydrogen-bond donors (Lipinski definition) is 1. The molecule has 3 rings (SSSR count). The summed E-state index contributed by atoms with van der Waals surface area (Å²) in [5.41, 5.74) is 0.0567. The number of nitrogens with one attached hydrogen (secondary N) is 1. The largest absolute Gasteiger partial charge is 1.00 e. The van der Waals surface area contributed by atoms with Crippen molar-refractivity contribution in [1.29, 1.82) is 0 Å². The summed E-state index contributed by atoms with van der Waals surface area (Å²) in [4.78, 5) is 32.4. The number of hydrogen-bond acceptors (Lipinski definition) is 5. The Labute approximate surface area is 148 Å². The Hall–Kier alpha value is -0.760. The second-order valence-electron chi connectivity index (χ2n) is 4.88. The van der Waals surface area contributed by atoms with E-state index in [0.29, 0.717) is 12.2 Å². The van der Waals surface area contributed by atoms with E-state index in [1.165, 1.54) is 16.7 Å². The van der Waals surface area contributed by atoms with E-state index >= 15 is 0 Å². The second kappa shape index (κ2) is 6.56. The van der Waals surface area contributed by atoms with Crippen LogP contribution in [0.5, 0.6) is 0 Å². The van der Waals surface area contributed by atoms with E-state index in [2.05, 4.69) is 9.97 Å². The molecular formula is C13H14N3NaO3S. The van der Waals surface area contributed by atoms with Crippen molar-refractivity contribution in [3.05, 3.63) is 28.8 Å². The van der Waals surface area contributed by atoms with Gasteiger partial charge in [0.25, 0.3) is 0 Å². The van der Waals surface area contributed by atoms with Crippen LogP contribution in [0.3, 0.4) is 0 Å². The summed E-state index contributed by atoms with van der Waals surface area (Å²) in [6.07, 6.45) is 4.74. The van der Waals surface area contributed by atoms with Crippen LogP contribution in [0.25, 0.3) is 0 Å². The van der Waals surface area contributed by atoms with Crippen LogP contribution >= 0.6 is 11.8 Å². The van der Waals surface area contributed by atoms with Gasteiger partial charge in [0.15, 0.2) is 0 Å². The van der Waals surface area contributed by atoms with Gasteiger partial charge in [0.1, 0.15) is 5.82 Å². The molecule has 2 atom stereocenters. The van der Waals surface area contributed by atoms with Crippen LogP contribution in [0.4, 0.5) is 0 Å². The second-order valence-corrected chi connectivity index (χ2v) is 5.95. The molecule has 0 bridgehead atoms. The van der Waals surface area contributed by atoms with Crippen LogP contribution in [0.2, 0.25) is 0 Å². The van der Waals surface area contributed by atoms with Crippen molar-refractivity contribution < 1.29 is 44.3 Å². The van der Waals surface area contributed by atoms with E-state index in [0.717, 1.165) is 17.2 Å². The molecular weight excluding hydrogens is 301 g/mol. The van der Waals surface area contributed by atoms with Crippen molar-refractivity contribution in [2.45, 2.75) is 31.6 Å². The molecule has 2 aliphatic heterocycles. The van der Waals surface area contributed by atoms with Gasteiger partial charge in [0.05, 0.1) is 29.4 Å². The zero-order valence-corrected chi connectivity index (χ0v) is 14.8. The summed E-state index contributed by atoms with van der Waals surface area (Å²) in [7, 11) is 0. The molecule has 1 fully saturated rings. The third-order valence-electron chi connectivity index (χ3n) is 3.82. The average Bonchev–Trinajstić information content (AvgIpc) is 3.02. The first-order valence-electron chi connectivity index (χ1n) is 6.52. The number of fused-ring (bicyclic) bond motifs is 1. The molecule has 0 saturated carbocycles. The molecule has 21 heavy (non-hydrogen) atoms. The van der Waals surface area contributed by atoms with Gasteiger partial charge >= 0.3 is 29.6 Å². The van der Waals surface area contributed by atoms with Crippen molar-refractivity contribution in [1.82, 2.24) is 14.9 Å². The maximum Gasteiger partial charge on any atom is 1.00 e. The monoisotopic (exact) mass is 315 g/mol. The maximum absolute atomic E-state index is 11.9. The molecule has 0 aliphatic carbocycles. The van der Waals surface area contributed by atoms with E-state index < -0.39 is 5.97 Å². The Morgan fingerprint density at radius 3 is 2.95 bits per heavy atom. The van der Waals surface area contributed by atoms with Crippen LogP contribution < -0.4 is 34.7 Å². The van der Waals surface area contributed by atoms with E-state index in [1.807, 2.05) is 6.92 Å². The summed E-state index contributed by atoms with van der Waals surface area (Å²) >= 11 is 1.41. The van der Waals surface area contributed by atoms with Gasteiger partial charge in [-0.3, -0.25) is 4.79 Å². The standard InChI is InChI=1S/C13H15N3O3S.Na/c1-2-7-8-5-9(20-6-10-14-3-4-15-10)11(13(18)19)16(8)12(7)17;/h3-4,7-8H,2,5-6H2,1H3,(H,14,15)(H,18,19);/q;+1/p-1/t7-,8-;/m1./s1. The fourth-order valence-corrected chi connectivity index (χ4v) is 3.93. The molecule has 8 heteroatoms. The van der Waals surface area contributed by atoms with Crippen molar-refractivity contribution in [2.24, 2.45) is 5.92 Å². The van der Waals surface area contributed by atoms with Gasteiger partial charge < -0.3 is 19.8 Å². The summed E-state index contributed by atoms with van der Waals surface area (Å²) < 4.78 is 0. The average molecular weight is 315 g/mol. The van der Waals surface area contributed by atoms with Crippen LogP contribution in [0.15, 0.2) is 23.0 Å². The molecule has 0 spiro atoms. The SMILES string of the molecule is CC[C@H]1C(=O)N2C(C(=O)[O-])=C(SCc3ncc[nH]3)C[C@H]12.[Na+]. The first-order chi connectivity index (χ1) is 9.63. The topological polar surface area (TPSA) is 89.1 Å². The quantitative estimate of drug-likeness (QED) is 0.470. The van der Waals surface area contributed by atoms with Crippen LogP contribution in [0.1, 0.15) is 25.6 Å². The van der Waals surface area contributed by atoms with E-state index in [4.69, 9.17) is 0 Å². The first kappa shape index (κ1) is 16.6. The molecule has 106 valence electrons. The van der Waals surface area contributed by atoms with Gasteiger partial charge in [-0.15, -0.1) is 11.8 Å². The predicted molar refractivity (Wildman–Crippen MR) is 70.9 cm³/mol. The smallest absolute Gasteiger partial charge is 0.543 e. The number of imidazole rings is 1. The number of aromatic nitrogens is 2. The van der Waals surface area contributed by atoms with Crippen molar-refractivity contribution >= 4 is 23.6 Å². The van der Waals surface area contributed by atoms with Crippen LogP contribution in [-0.2, 0) is 15.3 Å². The van der Waals surface area contributed by atoms with Crippen LogP contribution in [0, 0.1) is 5.92 Å². The fourth-order valence-electron chi connectivity index (χ4n) is 2.85. The molecule has 1 saturated heterocycles. The van der Waals surface area contributed by atoms with Gasteiger partial charge in [-0.25, -0.2) is 4.98 Å². The number of carboxylic acid groups (broad SMARTS) is 1. The van der Waals surface area contributed by atoms with Gasteiger partial charge in [-0.1, -0.05) is 6.92 Å². The molecule has 0 radical (unpaired) electrons. The summed E-state index contributed by atoms with van der Waals surface area (Å²) in [6, 6.07) is -0.000462. The van der Waals surface area contributed by atoms with Gasteiger partial charge in [-0.2, -0.15) is 0 Å². The number of carbonyl (C=O) groups is 2. The third kappa shape index (κ3) is 2.79. The van der Waals surface area contributed by atoms with Gasteiger partial charge in [0.2, 0.25) is 5.91 Å². The Morgan fingerprint density at radius 2 is 2.38 bits per heavy atom. The zero-order chi connectivity index (χ0) is 14.3. The number of thioether (sulfide) groups is 1. The minimum atomic E-state index is -1.27. The van der Waals surface area contributed by atoms with E-state index in [1.54, 1.807) is 12.4 Å². The number of rotatable bonds is 5. The molecule has 1 aromatic rings. The molecule has 0 aromatic carbocycles. The summed E-state index contributed by atoms with van der Waals surface area (Å²) in [6.45, 7) is 1.95. The van der Waals surface area contributed by atoms with Crippen molar-refractivity contribution in [3.8, 4) is 0 Å². The van der Waals surface area contributed by atoms with E-state index in [9.17, 15) is 14.7 Å². The minimum absolute atomic E-state index is 0.